The summed E-state index contributed by atoms with van der Waals surface area (Å²) >= 11 is 0.813. The van der Waals surface area contributed by atoms with Crippen LogP contribution in [-0.4, -0.2) is 43.1 Å². The molecule has 1 saturated heterocycles. The number of rotatable bonds is 5. The van der Waals surface area contributed by atoms with E-state index in [2.05, 4.69) is 0 Å². The summed E-state index contributed by atoms with van der Waals surface area (Å²) in [5.74, 6) is -3.16. The molecule has 2 N–H and O–H groups in total. The van der Waals surface area contributed by atoms with Crippen molar-refractivity contribution >= 4 is 38.6 Å². The third-order valence-electron chi connectivity index (χ3n) is 5.53. The van der Waals surface area contributed by atoms with Gasteiger partial charge < -0.3 is 4.90 Å². The number of halogens is 2. The van der Waals surface area contributed by atoms with Crippen LogP contribution in [0.15, 0.2) is 39.6 Å². The predicted molar refractivity (Wildman–Crippen MR) is 108 cm³/mol. The molecule has 1 aromatic carbocycles. The number of hydrogen-bond donors (Lipinski definition) is 1. The van der Waals surface area contributed by atoms with Crippen molar-refractivity contribution in [1.82, 2.24) is 4.90 Å². The standard InChI is InChI=1S/C19H21F2N3O4S2/c20-19(21)9-7-12(8-10-19)16-17(25)24(18(26)29-16)11-23(13-1-2-13)14-3-5-15(6-4-14)30(22,27)28/h3-6,13H,1-2,7-11H2,(H2,22,27,28). The molecule has 2 saturated carbocycles. The molecule has 0 bridgehead atoms. The molecule has 2 aliphatic carbocycles. The largest absolute Gasteiger partial charge is 0.350 e. The van der Waals surface area contributed by atoms with Crippen molar-refractivity contribution in [2.24, 2.45) is 5.14 Å². The molecule has 30 heavy (non-hydrogen) atoms. The fraction of sp³-hybridized carbons (Fsp3) is 0.474. The van der Waals surface area contributed by atoms with Gasteiger partial charge in [-0.1, -0.05) is 5.57 Å². The minimum atomic E-state index is -3.82. The lowest BCUT2D eigenvalue weighted by Gasteiger charge is -2.28. The minimum absolute atomic E-state index is 0.0213. The van der Waals surface area contributed by atoms with Crippen LogP contribution in [0.4, 0.5) is 19.3 Å². The van der Waals surface area contributed by atoms with Gasteiger partial charge in [0.05, 0.1) is 9.80 Å². The molecule has 0 atom stereocenters. The lowest BCUT2D eigenvalue weighted by molar-refractivity contribution is -0.122. The summed E-state index contributed by atoms with van der Waals surface area (Å²) in [6.07, 6.45) is 1.40. The summed E-state index contributed by atoms with van der Waals surface area (Å²) in [6, 6.07) is 6.11. The van der Waals surface area contributed by atoms with Gasteiger partial charge in [0.2, 0.25) is 15.9 Å². The van der Waals surface area contributed by atoms with Crippen molar-refractivity contribution in [1.29, 1.82) is 0 Å². The number of anilines is 1. The van der Waals surface area contributed by atoms with Crippen molar-refractivity contribution in [3.8, 4) is 0 Å². The molecule has 1 heterocycles. The topological polar surface area (TPSA) is 101 Å². The number of sulfonamides is 1. The fourth-order valence-electron chi connectivity index (χ4n) is 3.66. The van der Waals surface area contributed by atoms with E-state index in [1.165, 1.54) is 12.1 Å². The van der Waals surface area contributed by atoms with Crippen LogP contribution >= 0.6 is 11.8 Å². The van der Waals surface area contributed by atoms with E-state index in [1.807, 2.05) is 4.90 Å². The second kappa shape index (κ2) is 7.61. The van der Waals surface area contributed by atoms with Crippen molar-refractivity contribution in [2.75, 3.05) is 11.6 Å². The first-order valence-corrected chi connectivity index (χ1v) is 11.9. The quantitative estimate of drug-likeness (QED) is 0.680. The van der Waals surface area contributed by atoms with Gasteiger partial charge in [-0.25, -0.2) is 27.2 Å². The average molecular weight is 458 g/mol. The van der Waals surface area contributed by atoms with Gasteiger partial charge in [0.25, 0.3) is 11.1 Å². The lowest BCUT2D eigenvalue weighted by Crippen LogP contribution is -2.41. The SMILES string of the molecule is NS(=O)(=O)c1ccc(N(CN2C(=O)SC(=C3CCC(F)(F)CC3)C2=O)C2CC2)cc1. The van der Waals surface area contributed by atoms with Crippen LogP contribution in [0.2, 0.25) is 0 Å². The number of imide groups is 1. The first-order chi connectivity index (χ1) is 14.0. The fourth-order valence-corrected chi connectivity index (χ4v) is 5.14. The molecule has 0 unspecified atom stereocenters. The Morgan fingerprint density at radius 2 is 1.73 bits per heavy atom. The van der Waals surface area contributed by atoms with Gasteiger partial charge >= 0.3 is 0 Å². The van der Waals surface area contributed by atoms with Crippen LogP contribution in [0.1, 0.15) is 38.5 Å². The maximum Gasteiger partial charge on any atom is 0.295 e. The van der Waals surface area contributed by atoms with E-state index in [1.54, 1.807) is 12.1 Å². The van der Waals surface area contributed by atoms with Gasteiger partial charge in [-0.3, -0.25) is 9.59 Å². The van der Waals surface area contributed by atoms with E-state index in [0.29, 0.717) is 11.3 Å². The molecule has 3 aliphatic rings. The zero-order chi connectivity index (χ0) is 21.7. The normalized spacial score (nSPS) is 22.0. The monoisotopic (exact) mass is 457 g/mol. The number of benzene rings is 1. The molecule has 3 fully saturated rings. The van der Waals surface area contributed by atoms with Gasteiger partial charge in [-0.05, 0) is 61.7 Å². The Labute approximate surface area is 177 Å². The average Bonchev–Trinajstić information content (AvgIpc) is 3.47. The van der Waals surface area contributed by atoms with E-state index >= 15 is 0 Å². The number of allylic oxidation sites excluding steroid dienone is 1. The van der Waals surface area contributed by atoms with Gasteiger partial charge in [-0.2, -0.15) is 0 Å². The molecule has 4 rings (SSSR count). The van der Waals surface area contributed by atoms with Gasteiger partial charge in [-0.15, -0.1) is 0 Å². The van der Waals surface area contributed by atoms with E-state index < -0.39 is 27.1 Å². The number of primary sulfonamides is 1. The third-order valence-corrected chi connectivity index (χ3v) is 7.53. The Morgan fingerprint density at radius 1 is 1.13 bits per heavy atom. The molecule has 0 aromatic heterocycles. The summed E-state index contributed by atoms with van der Waals surface area (Å²) in [5, 5.41) is 4.71. The van der Waals surface area contributed by atoms with Gasteiger partial charge in [0.15, 0.2) is 0 Å². The van der Waals surface area contributed by atoms with Crippen molar-refractivity contribution < 1.29 is 26.8 Å². The van der Waals surface area contributed by atoms with Crippen LogP contribution in [0, 0.1) is 0 Å². The third kappa shape index (κ3) is 4.37. The lowest BCUT2D eigenvalue weighted by atomic mass is 9.91. The van der Waals surface area contributed by atoms with Crippen LogP contribution in [0.25, 0.3) is 0 Å². The molecular formula is C19H21F2N3O4S2. The zero-order valence-corrected chi connectivity index (χ0v) is 17.6. The predicted octanol–water partition coefficient (Wildman–Crippen LogP) is 3.42. The second-order valence-corrected chi connectivity index (χ2v) is 10.3. The summed E-state index contributed by atoms with van der Waals surface area (Å²) in [7, 11) is -3.82. The molecule has 1 aromatic rings. The number of nitrogens with zero attached hydrogens (tertiary/aromatic N) is 2. The van der Waals surface area contributed by atoms with Crippen molar-refractivity contribution in [2.45, 2.75) is 55.4 Å². The van der Waals surface area contributed by atoms with Crippen LogP contribution in [-0.2, 0) is 14.8 Å². The first kappa shape index (κ1) is 21.3. The van der Waals surface area contributed by atoms with Crippen LogP contribution < -0.4 is 10.0 Å². The number of nitrogens with two attached hydrogens (primary N) is 1. The molecule has 7 nitrogen and oxygen atoms in total. The Morgan fingerprint density at radius 3 is 2.27 bits per heavy atom. The van der Waals surface area contributed by atoms with Crippen LogP contribution in [0.3, 0.4) is 0 Å². The molecule has 162 valence electrons. The number of alkyl halides is 2. The highest BCUT2D eigenvalue weighted by Crippen LogP contribution is 2.43. The van der Waals surface area contributed by atoms with Crippen LogP contribution in [0.5, 0.6) is 0 Å². The highest BCUT2D eigenvalue weighted by atomic mass is 32.2. The summed E-state index contributed by atoms with van der Waals surface area (Å²) in [6.45, 7) is 0.0248. The molecule has 11 heteroatoms. The first-order valence-electron chi connectivity index (χ1n) is 9.58. The second-order valence-electron chi connectivity index (χ2n) is 7.77. The van der Waals surface area contributed by atoms with E-state index in [-0.39, 0.29) is 48.2 Å². The highest BCUT2D eigenvalue weighted by molar-refractivity contribution is 8.18. The highest BCUT2D eigenvalue weighted by Gasteiger charge is 2.42. The van der Waals surface area contributed by atoms with Gasteiger partial charge in [0, 0.05) is 24.6 Å². The summed E-state index contributed by atoms with van der Waals surface area (Å²) in [5.41, 5.74) is 1.30. The summed E-state index contributed by atoms with van der Waals surface area (Å²) < 4.78 is 49.8. The number of carbonyl (C=O) groups excluding carboxylic acids is 2. The summed E-state index contributed by atoms with van der Waals surface area (Å²) in [4.78, 5) is 28.7. The molecule has 0 radical (unpaired) electrons. The van der Waals surface area contributed by atoms with E-state index in [0.717, 1.165) is 29.5 Å². The van der Waals surface area contributed by atoms with E-state index in [4.69, 9.17) is 5.14 Å². The molecule has 2 amide bonds. The smallest absolute Gasteiger partial charge is 0.295 e. The number of thioether (sulfide) groups is 1. The molecule has 0 spiro atoms. The molecule has 1 aliphatic heterocycles. The maximum atomic E-state index is 13.4. The van der Waals surface area contributed by atoms with Crippen molar-refractivity contribution in [3.05, 3.63) is 34.7 Å². The minimum Gasteiger partial charge on any atom is -0.350 e. The Hall–Kier alpha value is -1.98. The Bertz CT molecular complexity index is 1010. The van der Waals surface area contributed by atoms with E-state index in [9.17, 15) is 26.8 Å². The molecular weight excluding hydrogens is 436 g/mol. The Kier molecular flexibility index (Phi) is 5.39. The van der Waals surface area contributed by atoms with Crippen molar-refractivity contribution in [3.63, 3.8) is 0 Å². The number of amides is 2. The number of carbonyl (C=O) groups is 2. The Balaban J connectivity index is 1.53. The zero-order valence-electron chi connectivity index (χ0n) is 16.0. The number of hydrogen-bond acceptors (Lipinski definition) is 6. The maximum absolute atomic E-state index is 13.4. The van der Waals surface area contributed by atoms with Gasteiger partial charge in [0.1, 0.15) is 6.67 Å².